The first-order valence-electron chi connectivity index (χ1n) is 4.83. The maximum absolute atomic E-state index is 9.51. The van der Waals surface area contributed by atoms with Gasteiger partial charge in [-0.15, -0.1) is 0 Å². The quantitative estimate of drug-likeness (QED) is 0.791. The molecule has 1 aliphatic heterocycles. The number of aromatic nitrogens is 1. The molecule has 90 valence electrons. The Kier molecular flexibility index (Phi) is 3.52. The lowest BCUT2D eigenvalue weighted by Crippen LogP contribution is -2.26. The Morgan fingerprint density at radius 1 is 1.35 bits per heavy atom. The van der Waals surface area contributed by atoms with Crippen LogP contribution in [-0.2, 0) is 0 Å². The number of aliphatic hydroxyl groups is 1. The lowest BCUT2D eigenvalue weighted by molar-refractivity contribution is 0.424. The third-order valence-corrected chi connectivity index (χ3v) is 3.25. The minimum absolute atomic E-state index is 0.0803. The van der Waals surface area contributed by atoms with Crippen molar-refractivity contribution in [3.05, 3.63) is 45.0 Å². The van der Waals surface area contributed by atoms with Gasteiger partial charge in [-0.25, -0.2) is 4.98 Å². The van der Waals surface area contributed by atoms with Gasteiger partial charge in [0.05, 0.1) is 22.3 Å². The average molecular weight is 292 g/mol. The van der Waals surface area contributed by atoms with Gasteiger partial charge < -0.3 is 10.0 Å². The summed E-state index contributed by atoms with van der Waals surface area (Å²) >= 11 is 17.8. The number of rotatable bonds is 1. The molecule has 0 amide bonds. The van der Waals surface area contributed by atoms with E-state index in [0.717, 1.165) is 5.70 Å². The van der Waals surface area contributed by atoms with E-state index in [-0.39, 0.29) is 5.76 Å². The zero-order chi connectivity index (χ0) is 12.6. The van der Waals surface area contributed by atoms with Gasteiger partial charge in [0.25, 0.3) is 0 Å². The van der Waals surface area contributed by atoms with Crippen LogP contribution < -0.4 is 4.90 Å². The fourth-order valence-electron chi connectivity index (χ4n) is 1.58. The molecular formula is C11H9Cl3N2O. The molecule has 0 atom stereocenters. The van der Waals surface area contributed by atoms with Gasteiger partial charge in [0.2, 0.25) is 0 Å². The van der Waals surface area contributed by atoms with Gasteiger partial charge in [0.1, 0.15) is 10.9 Å². The topological polar surface area (TPSA) is 36.4 Å². The highest BCUT2D eigenvalue weighted by atomic mass is 35.5. The first kappa shape index (κ1) is 12.6. The van der Waals surface area contributed by atoms with Gasteiger partial charge in [0, 0.05) is 24.0 Å². The summed E-state index contributed by atoms with van der Waals surface area (Å²) in [6.45, 7) is 2.21. The Balaban J connectivity index is 2.43. The predicted octanol–water partition coefficient (Wildman–Crippen LogP) is 4.12. The van der Waals surface area contributed by atoms with Crippen LogP contribution in [0.2, 0.25) is 10.2 Å². The highest BCUT2D eigenvalue weighted by Gasteiger charge is 2.20. The molecule has 0 bridgehead atoms. The van der Waals surface area contributed by atoms with E-state index in [1.165, 1.54) is 6.20 Å². The molecule has 1 aromatic heterocycles. The molecule has 0 saturated carbocycles. The summed E-state index contributed by atoms with van der Waals surface area (Å²) < 4.78 is 0. The number of pyridine rings is 1. The molecule has 3 nitrogen and oxygen atoms in total. The molecule has 1 N–H and O–H groups in total. The molecule has 2 rings (SSSR count). The standard InChI is InChI=1S/C11H9Cl3N2O/c1-6-2-10(17)8(13)5-16(6)9-3-11(14)15-4-7(9)12/h2-4,17H,5H2,1H3. The maximum atomic E-state index is 9.51. The third-order valence-electron chi connectivity index (χ3n) is 2.44. The smallest absolute Gasteiger partial charge is 0.133 e. The second kappa shape index (κ2) is 4.77. The summed E-state index contributed by atoms with van der Waals surface area (Å²) in [4.78, 5) is 5.75. The molecule has 1 aromatic rings. The number of anilines is 1. The molecular weight excluding hydrogens is 282 g/mol. The normalized spacial score (nSPS) is 16.2. The molecule has 6 heteroatoms. The number of allylic oxidation sites excluding steroid dienone is 2. The fourth-order valence-corrected chi connectivity index (χ4v) is 2.12. The minimum atomic E-state index is 0.0803. The zero-order valence-electron chi connectivity index (χ0n) is 8.91. The van der Waals surface area contributed by atoms with Crippen molar-refractivity contribution in [3.8, 4) is 0 Å². The van der Waals surface area contributed by atoms with Crippen molar-refractivity contribution in [2.75, 3.05) is 11.4 Å². The Morgan fingerprint density at radius 3 is 2.76 bits per heavy atom. The molecule has 0 fully saturated rings. The SMILES string of the molecule is CC1=CC(O)=C(Cl)CN1c1cc(Cl)ncc1Cl. The van der Waals surface area contributed by atoms with Crippen LogP contribution in [0.15, 0.2) is 34.8 Å². The van der Waals surface area contributed by atoms with Gasteiger partial charge in [-0.2, -0.15) is 0 Å². The molecule has 0 aliphatic carbocycles. The van der Waals surface area contributed by atoms with Crippen LogP contribution in [0, 0.1) is 0 Å². The van der Waals surface area contributed by atoms with Crippen LogP contribution in [0.3, 0.4) is 0 Å². The summed E-state index contributed by atoms with van der Waals surface area (Å²) in [6.07, 6.45) is 3.06. The van der Waals surface area contributed by atoms with Crippen molar-refractivity contribution < 1.29 is 5.11 Å². The lowest BCUT2D eigenvalue weighted by atomic mass is 10.2. The second-order valence-electron chi connectivity index (χ2n) is 3.62. The van der Waals surface area contributed by atoms with E-state index in [4.69, 9.17) is 34.8 Å². The van der Waals surface area contributed by atoms with E-state index >= 15 is 0 Å². The Hall–Kier alpha value is -0.900. The van der Waals surface area contributed by atoms with Gasteiger partial charge in [0.15, 0.2) is 0 Å². The summed E-state index contributed by atoms with van der Waals surface area (Å²) in [6, 6.07) is 1.66. The molecule has 0 unspecified atom stereocenters. The van der Waals surface area contributed by atoms with Crippen molar-refractivity contribution in [3.63, 3.8) is 0 Å². The van der Waals surface area contributed by atoms with Crippen molar-refractivity contribution in [2.45, 2.75) is 6.92 Å². The third kappa shape index (κ3) is 2.51. The Labute approximate surface area is 114 Å². The second-order valence-corrected chi connectivity index (χ2v) is 4.87. The molecule has 0 saturated heterocycles. The number of nitrogens with zero attached hydrogens (tertiary/aromatic N) is 2. The van der Waals surface area contributed by atoms with Crippen LogP contribution in [0.5, 0.6) is 0 Å². The van der Waals surface area contributed by atoms with E-state index in [0.29, 0.717) is 27.4 Å². The zero-order valence-corrected chi connectivity index (χ0v) is 11.2. The van der Waals surface area contributed by atoms with Crippen LogP contribution in [0.25, 0.3) is 0 Å². The predicted molar refractivity (Wildman–Crippen MR) is 70.9 cm³/mol. The van der Waals surface area contributed by atoms with E-state index in [2.05, 4.69) is 4.98 Å². The monoisotopic (exact) mass is 290 g/mol. The van der Waals surface area contributed by atoms with Gasteiger partial charge in [-0.3, -0.25) is 0 Å². The number of aliphatic hydroxyl groups excluding tert-OH is 1. The summed E-state index contributed by atoms with van der Waals surface area (Å²) in [7, 11) is 0. The molecule has 1 aliphatic rings. The van der Waals surface area contributed by atoms with Crippen molar-refractivity contribution in [1.29, 1.82) is 0 Å². The first-order chi connectivity index (χ1) is 7.99. The number of hydrogen-bond acceptors (Lipinski definition) is 3. The van der Waals surface area contributed by atoms with Crippen molar-refractivity contribution >= 4 is 40.5 Å². The van der Waals surface area contributed by atoms with Crippen LogP contribution in [-0.4, -0.2) is 16.6 Å². The van der Waals surface area contributed by atoms with Crippen molar-refractivity contribution in [2.24, 2.45) is 0 Å². The summed E-state index contributed by atoms with van der Waals surface area (Å²) in [5.41, 5.74) is 1.54. The molecule has 17 heavy (non-hydrogen) atoms. The highest BCUT2D eigenvalue weighted by molar-refractivity contribution is 6.35. The van der Waals surface area contributed by atoms with Crippen LogP contribution in [0.1, 0.15) is 6.92 Å². The number of halogens is 3. The number of hydrogen-bond donors (Lipinski definition) is 1. The largest absolute Gasteiger partial charge is 0.507 e. The van der Waals surface area contributed by atoms with Crippen LogP contribution >= 0.6 is 34.8 Å². The van der Waals surface area contributed by atoms with Gasteiger partial charge in [-0.1, -0.05) is 34.8 Å². The Morgan fingerprint density at radius 2 is 2.06 bits per heavy atom. The fraction of sp³-hybridized carbons (Fsp3) is 0.182. The molecule has 0 spiro atoms. The van der Waals surface area contributed by atoms with Gasteiger partial charge >= 0.3 is 0 Å². The molecule has 0 radical (unpaired) electrons. The van der Waals surface area contributed by atoms with Gasteiger partial charge in [-0.05, 0) is 6.92 Å². The van der Waals surface area contributed by atoms with E-state index in [1.807, 2.05) is 11.8 Å². The minimum Gasteiger partial charge on any atom is -0.507 e. The highest BCUT2D eigenvalue weighted by Crippen LogP contribution is 2.33. The lowest BCUT2D eigenvalue weighted by Gasteiger charge is -2.29. The molecule has 0 aromatic carbocycles. The van der Waals surface area contributed by atoms with E-state index in [1.54, 1.807) is 12.1 Å². The summed E-state index contributed by atoms with van der Waals surface area (Å²) in [5.74, 6) is 0.0803. The average Bonchev–Trinajstić information content (AvgIpc) is 2.27. The Bertz CT molecular complexity index is 525. The molecule has 2 heterocycles. The van der Waals surface area contributed by atoms with E-state index < -0.39 is 0 Å². The van der Waals surface area contributed by atoms with Crippen LogP contribution in [0.4, 0.5) is 5.69 Å². The maximum Gasteiger partial charge on any atom is 0.133 e. The first-order valence-corrected chi connectivity index (χ1v) is 5.97. The van der Waals surface area contributed by atoms with Crippen molar-refractivity contribution in [1.82, 2.24) is 4.98 Å². The summed E-state index contributed by atoms with van der Waals surface area (Å²) in [5, 5.41) is 10.7. The van der Waals surface area contributed by atoms with E-state index in [9.17, 15) is 5.11 Å².